The molecule has 0 aromatic carbocycles. The van der Waals surface area contributed by atoms with Gasteiger partial charge in [-0.25, -0.2) is 13.2 Å². The molecule has 1 aliphatic carbocycles. The molecular weight excluding hydrogens is 318 g/mol. The second-order valence-electron chi connectivity index (χ2n) is 7.26. The molecule has 132 valence electrons. The monoisotopic (exact) mass is 345 g/mol. The minimum atomic E-state index is -3.27. The van der Waals surface area contributed by atoms with Gasteiger partial charge >= 0.3 is 5.97 Å². The molecule has 0 radical (unpaired) electrons. The number of rotatable bonds is 6. The Labute approximate surface area is 138 Å². The zero-order valence-corrected chi connectivity index (χ0v) is 14.7. The topological polar surface area (TPSA) is 91.8 Å². The van der Waals surface area contributed by atoms with E-state index < -0.39 is 21.8 Å². The van der Waals surface area contributed by atoms with Crippen LogP contribution in [0.25, 0.3) is 0 Å². The van der Waals surface area contributed by atoms with Crippen LogP contribution >= 0.6 is 0 Å². The van der Waals surface area contributed by atoms with Crippen LogP contribution in [-0.2, 0) is 19.4 Å². The molecule has 0 bridgehead atoms. The highest BCUT2D eigenvalue weighted by molar-refractivity contribution is 7.91. The first-order valence-electron chi connectivity index (χ1n) is 8.45. The predicted octanol–water partition coefficient (Wildman–Crippen LogP) is 1.69. The molecule has 2 fully saturated rings. The van der Waals surface area contributed by atoms with E-state index in [1.54, 1.807) is 0 Å². The summed E-state index contributed by atoms with van der Waals surface area (Å²) in [5, 5.41) is 9.41. The molecule has 1 N–H and O–H groups in total. The molecule has 0 spiro atoms. The SMILES string of the molecule is CC(C)CS(=O)(=O)CCC(=O)N1C(C(=O)O)CC2CCCCC21. The first-order valence-corrected chi connectivity index (χ1v) is 10.3. The van der Waals surface area contributed by atoms with Crippen molar-refractivity contribution in [2.45, 2.75) is 64.5 Å². The molecule has 3 atom stereocenters. The lowest BCUT2D eigenvalue weighted by Crippen LogP contribution is -2.46. The summed E-state index contributed by atoms with van der Waals surface area (Å²) in [6, 6.07) is -0.812. The van der Waals surface area contributed by atoms with E-state index >= 15 is 0 Å². The number of sulfone groups is 1. The van der Waals surface area contributed by atoms with E-state index in [0.29, 0.717) is 6.42 Å². The first kappa shape index (κ1) is 18.2. The number of carboxylic acid groups (broad SMARTS) is 1. The van der Waals surface area contributed by atoms with Gasteiger partial charge < -0.3 is 10.0 Å². The van der Waals surface area contributed by atoms with E-state index in [1.165, 1.54) is 4.90 Å². The summed E-state index contributed by atoms with van der Waals surface area (Å²) in [4.78, 5) is 25.5. The maximum Gasteiger partial charge on any atom is 0.326 e. The molecule has 0 aromatic rings. The van der Waals surface area contributed by atoms with Crippen LogP contribution in [0.5, 0.6) is 0 Å². The molecular formula is C16H27NO5S. The standard InChI is InChI=1S/C16H27NO5S/c1-11(2)10-23(21,22)8-7-15(18)17-13-6-4-3-5-12(13)9-14(17)16(19)20/h11-14H,3-10H2,1-2H3,(H,19,20). The van der Waals surface area contributed by atoms with Crippen molar-refractivity contribution in [2.75, 3.05) is 11.5 Å². The average Bonchev–Trinajstić information content (AvgIpc) is 2.83. The van der Waals surface area contributed by atoms with Crippen molar-refractivity contribution in [1.29, 1.82) is 0 Å². The van der Waals surface area contributed by atoms with Gasteiger partial charge in [0.05, 0.1) is 11.5 Å². The highest BCUT2D eigenvalue weighted by atomic mass is 32.2. The van der Waals surface area contributed by atoms with Gasteiger partial charge in [-0.15, -0.1) is 0 Å². The van der Waals surface area contributed by atoms with Gasteiger partial charge in [0.25, 0.3) is 0 Å². The summed E-state index contributed by atoms with van der Waals surface area (Å²) >= 11 is 0. The predicted molar refractivity (Wildman–Crippen MR) is 86.7 cm³/mol. The van der Waals surface area contributed by atoms with E-state index in [-0.39, 0.29) is 41.7 Å². The first-order chi connectivity index (χ1) is 10.7. The van der Waals surface area contributed by atoms with Crippen molar-refractivity contribution < 1.29 is 23.1 Å². The fraction of sp³-hybridized carbons (Fsp3) is 0.875. The highest BCUT2D eigenvalue weighted by Crippen LogP contribution is 2.40. The largest absolute Gasteiger partial charge is 0.480 e. The molecule has 1 saturated heterocycles. The van der Waals surface area contributed by atoms with E-state index in [1.807, 2.05) is 13.8 Å². The molecule has 1 heterocycles. The van der Waals surface area contributed by atoms with Crippen LogP contribution in [-0.4, -0.2) is 53.9 Å². The number of hydrogen-bond donors (Lipinski definition) is 1. The minimum Gasteiger partial charge on any atom is -0.480 e. The second-order valence-corrected chi connectivity index (χ2v) is 9.49. The van der Waals surface area contributed by atoms with Gasteiger partial charge in [0.15, 0.2) is 9.84 Å². The Bertz CT molecular complexity index is 557. The molecule has 23 heavy (non-hydrogen) atoms. The molecule has 7 heteroatoms. The lowest BCUT2D eigenvalue weighted by molar-refractivity contribution is -0.149. The third-order valence-corrected chi connectivity index (χ3v) is 6.88. The quantitative estimate of drug-likeness (QED) is 0.791. The van der Waals surface area contributed by atoms with Crippen molar-refractivity contribution >= 4 is 21.7 Å². The lowest BCUT2D eigenvalue weighted by Gasteiger charge is -2.33. The van der Waals surface area contributed by atoms with Crippen LogP contribution in [0.3, 0.4) is 0 Å². The normalized spacial score (nSPS) is 28.0. The maximum atomic E-state index is 12.5. The Morgan fingerprint density at radius 3 is 2.48 bits per heavy atom. The van der Waals surface area contributed by atoms with Gasteiger partial charge in [0.2, 0.25) is 5.91 Å². The highest BCUT2D eigenvalue weighted by Gasteiger charge is 2.47. The van der Waals surface area contributed by atoms with Gasteiger partial charge in [0.1, 0.15) is 6.04 Å². The molecule has 6 nitrogen and oxygen atoms in total. The van der Waals surface area contributed by atoms with Crippen LogP contribution in [0.2, 0.25) is 0 Å². The molecule has 0 aromatic heterocycles. The Balaban J connectivity index is 2.05. The van der Waals surface area contributed by atoms with Crippen molar-refractivity contribution in [1.82, 2.24) is 4.90 Å². The van der Waals surface area contributed by atoms with E-state index in [4.69, 9.17) is 0 Å². The molecule has 1 aliphatic heterocycles. The third-order valence-electron chi connectivity index (χ3n) is 4.88. The fourth-order valence-corrected chi connectivity index (χ4v) is 5.67. The van der Waals surface area contributed by atoms with Crippen molar-refractivity contribution in [3.8, 4) is 0 Å². The zero-order valence-electron chi connectivity index (χ0n) is 13.9. The number of fused-ring (bicyclic) bond motifs is 1. The lowest BCUT2D eigenvalue weighted by atomic mass is 9.84. The average molecular weight is 345 g/mol. The number of nitrogens with zero attached hydrogens (tertiary/aromatic N) is 1. The van der Waals surface area contributed by atoms with E-state index in [2.05, 4.69) is 0 Å². The van der Waals surface area contributed by atoms with Gasteiger partial charge in [-0.1, -0.05) is 26.7 Å². The van der Waals surface area contributed by atoms with Gasteiger partial charge in [-0.05, 0) is 31.1 Å². The summed E-state index contributed by atoms with van der Waals surface area (Å²) in [5.74, 6) is -1.15. The summed E-state index contributed by atoms with van der Waals surface area (Å²) in [7, 11) is -3.27. The third kappa shape index (κ3) is 4.46. The molecule has 3 unspecified atom stereocenters. The van der Waals surface area contributed by atoms with Crippen LogP contribution in [0.1, 0.15) is 52.4 Å². The number of hydrogen-bond acceptors (Lipinski definition) is 4. The smallest absolute Gasteiger partial charge is 0.326 e. The van der Waals surface area contributed by atoms with E-state index in [9.17, 15) is 23.1 Å². The van der Waals surface area contributed by atoms with Gasteiger partial charge in [0, 0.05) is 12.5 Å². The molecule has 2 aliphatic rings. The Morgan fingerprint density at radius 2 is 1.87 bits per heavy atom. The van der Waals surface area contributed by atoms with Crippen molar-refractivity contribution in [3.05, 3.63) is 0 Å². The Hall–Kier alpha value is -1.11. The van der Waals surface area contributed by atoms with E-state index in [0.717, 1.165) is 25.7 Å². The van der Waals surface area contributed by atoms with Crippen LogP contribution in [0, 0.1) is 11.8 Å². The molecule has 1 saturated carbocycles. The number of likely N-dealkylation sites (tertiary alicyclic amines) is 1. The summed E-state index contributed by atoms with van der Waals surface area (Å²) in [6.45, 7) is 3.65. The van der Waals surface area contributed by atoms with Gasteiger partial charge in [-0.2, -0.15) is 0 Å². The van der Waals surface area contributed by atoms with Gasteiger partial charge in [-0.3, -0.25) is 4.79 Å². The Kier molecular flexibility index (Phi) is 5.70. The summed E-state index contributed by atoms with van der Waals surface area (Å²) in [5.41, 5.74) is 0. The minimum absolute atomic E-state index is 0.0230. The maximum absolute atomic E-state index is 12.5. The number of carboxylic acids is 1. The Morgan fingerprint density at radius 1 is 1.22 bits per heavy atom. The number of carbonyl (C=O) groups is 2. The zero-order chi connectivity index (χ0) is 17.2. The number of amides is 1. The van der Waals surface area contributed by atoms with Crippen LogP contribution in [0.4, 0.5) is 0 Å². The number of aliphatic carboxylic acids is 1. The van der Waals surface area contributed by atoms with Crippen molar-refractivity contribution in [2.24, 2.45) is 11.8 Å². The molecule has 2 rings (SSSR count). The number of carbonyl (C=O) groups excluding carboxylic acids is 1. The summed E-state index contributed by atoms with van der Waals surface area (Å²) < 4.78 is 23.9. The van der Waals surface area contributed by atoms with Crippen molar-refractivity contribution in [3.63, 3.8) is 0 Å². The fourth-order valence-electron chi connectivity index (χ4n) is 4.00. The van der Waals surface area contributed by atoms with Crippen LogP contribution in [0.15, 0.2) is 0 Å². The molecule has 1 amide bonds. The van der Waals surface area contributed by atoms with Crippen LogP contribution < -0.4 is 0 Å². The second kappa shape index (κ2) is 7.20. The summed E-state index contributed by atoms with van der Waals surface area (Å²) in [6.07, 6.45) is 4.27.